The fourth-order valence-corrected chi connectivity index (χ4v) is 2.49. The summed E-state index contributed by atoms with van der Waals surface area (Å²) >= 11 is 0. The predicted molar refractivity (Wildman–Crippen MR) is 80.8 cm³/mol. The number of methoxy groups -OCH3 is 1. The van der Waals surface area contributed by atoms with Gasteiger partial charge in [-0.1, -0.05) is 5.16 Å². The fraction of sp³-hybridized carbons (Fsp3) is 0.533. The molecular weight excluding hydrogens is 270 g/mol. The van der Waals surface area contributed by atoms with Crippen molar-refractivity contribution in [2.75, 3.05) is 20.3 Å². The van der Waals surface area contributed by atoms with E-state index >= 15 is 0 Å². The van der Waals surface area contributed by atoms with E-state index in [1.807, 2.05) is 12.1 Å². The van der Waals surface area contributed by atoms with Crippen LogP contribution in [0.2, 0.25) is 0 Å². The molecule has 1 aromatic rings. The summed E-state index contributed by atoms with van der Waals surface area (Å²) in [5.74, 6) is 0.882. The van der Waals surface area contributed by atoms with Gasteiger partial charge >= 0.3 is 0 Å². The van der Waals surface area contributed by atoms with Crippen LogP contribution >= 0.6 is 0 Å². The summed E-state index contributed by atoms with van der Waals surface area (Å²) in [5.41, 5.74) is 7.27. The van der Waals surface area contributed by atoms with Crippen LogP contribution in [0.15, 0.2) is 23.4 Å². The van der Waals surface area contributed by atoms with E-state index in [0.717, 1.165) is 37.3 Å². The predicted octanol–water partition coefficient (Wildman–Crippen LogP) is 1.45. The molecule has 1 heterocycles. The molecule has 6 nitrogen and oxygen atoms in total. The zero-order valence-corrected chi connectivity index (χ0v) is 12.3. The first kappa shape index (κ1) is 15.6. The van der Waals surface area contributed by atoms with Crippen LogP contribution in [-0.2, 0) is 11.3 Å². The van der Waals surface area contributed by atoms with Crippen molar-refractivity contribution < 1.29 is 14.7 Å². The highest BCUT2D eigenvalue weighted by molar-refractivity contribution is 5.97. The van der Waals surface area contributed by atoms with Crippen LogP contribution in [0.25, 0.3) is 0 Å². The van der Waals surface area contributed by atoms with Gasteiger partial charge in [0.25, 0.3) is 0 Å². The average molecular weight is 293 g/mol. The summed E-state index contributed by atoms with van der Waals surface area (Å²) in [6.45, 7) is 2.45. The summed E-state index contributed by atoms with van der Waals surface area (Å²) in [6, 6.07) is 5.46. The fourth-order valence-electron chi connectivity index (χ4n) is 2.49. The number of rotatable bonds is 7. The molecule has 1 aliphatic rings. The summed E-state index contributed by atoms with van der Waals surface area (Å²) in [4.78, 5) is 0. The molecule has 0 aliphatic carbocycles. The highest BCUT2D eigenvalue weighted by Crippen LogP contribution is 2.20. The highest BCUT2D eigenvalue weighted by Gasteiger charge is 2.14. The molecule has 4 N–H and O–H groups in total. The lowest BCUT2D eigenvalue weighted by atomic mass is 10.1. The maximum Gasteiger partial charge on any atom is 0.170 e. The minimum absolute atomic E-state index is 0.0956. The molecule has 6 heteroatoms. The highest BCUT2D eigenvalue weighted by atomic mass is 16.5. The third kappa shape index (κ3) is 4.34. The Balaban J connectivity index is 1.90. The van der Waals surface area contributed by atoms with Gasteiger partial charge in [-0.3, -0.25) is 0 Å². The van der Waals surface area contributed by atoms with Crippen molar-refractivity contribution in [3.63, 3.8) is 0 Å². The zero-order valence-electron chi connectivity index (χ0n) is 12.3. The molecule has 0 spiro atoms. The van der Waals surface area contributed by atoms with Gasteiger partial charge in [0.2, 0.25) is 0 Å². The first-order chi connectivity index (χ1) is 10.2. The van der Waals surface area contributed by atoms with Crippen molar-refractivity contribution in [2.24, 2.45) is 10.9 Å². The number of nitrogens with one attached hydrogen (secondary N) is 1. The van der Waals surface area contributed by atoms with Crippen LogP contribution in [0.4, 0.5) is 0 Å². The second kappa shape index (κ2) is 7.85. The van der Waals surface area contributed by atoms with Gasteiger partial charge in [-0.05, 0) is 44.0 Å². The molecule has 1 atom stereocenters. The Morgan fingerprint density at radius 2 is 2.43 bits per heavy atom. The molecule has 0 aromatic heterocycles. The lowest BCUT2D eigenvalue weighted by Crippen LogP contribution is -2.21. The Labute approximate surface area is 124 Å². The second-order valence-electron chi connectivity index (χ2n) is 5.11. The molecule has 21 heavy (non-hydrogen) atoms. The SMILES string of the molecule is COc1ccc(/C(N)=N/O)cc1CNCCC1CCCO1. The Bertz CT molecular complexity index is 485. The maximum atomic E-state index is 8.74. The number of oxime groups is 1. The van der Waals surface area contributed by atoms with E-state index in [9.17, 15) is 0 Å². The van der Waals surface area contributed by atoms with E-state index < -0.39 is 0 Å². The summed E-state index contributed by atoms with van der Waals surface area (Å²) in [7, 11) is 1.63. The average Bonchev–Trinajstić information content (AvgIpc) is 3.04. The van der Waals surface area contributed by atoms with Crippen LogP contribution in [-0.4, -0.2) is 37.4 Å². The molecular formula is C15H23N3O3. The van der Waals surface area contributed by atoms with Gasteiger partial charge in [-0.2, -0.15) is 0 Å². The Morgan fingerprint density at radius 3 is 3.10 bits per heavy atom. The third-order valence-electron chi connectivity index (χ3n) is 3.67. The van der Waals surface area contributed by atoms with E-state index in [-0.39, 0.29) is 5.84 Å². The first-order valence-electron chi connectivity index (χ1n) is 7.21. The van der Waals surface area contributed by atoms with Crippen LogP contribution in [0.5, 0.6) is 5.75 Å². The molecule has 1 aromatic carbocycles. The molecule has 0 radical (unpaired) electrons. The van der Waals surface area contributed by atoms with Crippen molar-refractivity contribution in [1.82, 2.24) is 5.32 Å². The molecule has 1 fully saturated rings. The van der Waals surface area contributed by atoms with Crippen molar-refractivity contribution in [1.29, 1.82) is 0 Å². The number of nitrogens with two attached hydrogens (primary N) is 1. The Morgan fingerprint density at radius 1 is 1.57 bits per heavy atom. The van der Waals surface area contributed by atoms with Crippen LogP contribution in [0, 0.1) is 0 Å². The monoisotopic (exact) mass is 293 g/mol. The molecule has 1 aliphatic heterocycles. The topological polar surface area (TPSA) is 89.1 Å². The Hall–Kier alpha value is -1.79. The van der Waals surface area contributed by atoms with E-state index in [4.69, 9.17) is 20.4 Å². The van der Waals surface area contributed by atoms with E-state index in [1.54, 1.807) is 13.2 Å². The third-order valence-corrected chi connectivity index (χ3v) is 3.67. The lowest BCUT2D eigenvalue weighted by Gasteiger charge is -2.13. The number of amidine groups is 1. The Kier molecular flexibility index (Phi) is 5.83. The number of nitrogens with zero attached hydrogens (tertiary/aromatic N) is 1. The van der Waals surface area contributed by atoms with Crippen molar-refractivity contribution in [3.05, 3.63) is 29.3 Å². The van der Waals surface area contributed by atoms with Crippen molar-refractivity contribution >= 4 is 5.84 Å². The molecule has 1 saturated heterocycles. The summed E-state index contributed by atoms with van der Waals surface area (Å²) in [6.07, 6.45) is 3.73. The molecule has 116 valence electrons. The summed E-state index contributed by atoms with van der Waals surface area (Å²) < 4.78 is 10.9. The maximum absolute atomic E-state index is 8.74. The zero-order chi connectivity index (χ0) is 15.1. The van der Waals surface area contributed by atoms with Crippen LogP contribution in [0.1, 0.15) is 30.4 Å². The van der Waals surface area contributed by atoms with Crippen LogP contribution in [0.3, 0.4) is 0 Å². The van der Waals surface area contributed by atoms with Gasteiger partial charge in [0, 0.05) is 24.3 Å². The normalized spacial score (nSPS) is 18.9. The summed E-state index contributed by atoms with van der Waals surface area (Å²) in [5, 5.41) is 15.1. The van der Waals surface area contributed by atoms with E-state index in [2.05, 4.69) is 10.5 Å². The quantitative estimate of drug-likeness (QED) is 0.233. The van der Waals surface area contributed by atoms with E-state index in [1.165, 1.54) is 6.42 Å². The molecule has 0 saturated carbocycles. The minimum atomic E-state index is 0.0956. The standard InChI is InChI=1S/C15H23N3O3/c1-20-14-5-4-11(15(16)18-19)9-12(14)10-17-7-6-13-3-2-8-21-13/h4-5,9,13,17,19H,2-3,6-8,10H2,1H3,(H2,16,18). The van der Waals surface area contributed by atoms with Gasteiger partial charge in [0.1, 0.15) is 5.75 Å². The largest absolute Gasteiger partial charge is 0.496 e. The molecule has 0 amide bonds. The van der Waals surface area contributed by atoms with Crippen molar-refractivity contribution in [3.8, 4) is 5.75 Å². The molecule has 1 unspecified atom stereocenters. The van der Waals surface area contributed by atoms with Crippen LogP contribution < -0.4 is 15.8 Å². The van der Waals surface area contributed by atoms with Gasteiger partial charge in [-0.15, -0.1) is 0 Å². The second-order valence-corrected chi connectivity index (χ2v) is 5.11. The van der Waals surface area contributed by atoms with E-state index in [0.29, 0.717) is 18.2 Å². The number of benzene rings is 1. The smallest absolute Gasteiger partial charge is 0.170 e. The van der Waals surface area contributed by atoms with Gasteiger partial charge < -0.3 is 25.7 Å². The van der Waals surface area contributed by atoms with Gasteiger partial charge in [0.05, 0.1) is 13.2 Å². The lowest BCUT2D eigenvalue weighted by molar-refractivity contribution is 0.104. The molecule has 2 rings (SSSR count). The first-order valence-corrected chi connectivity index (χ1v) is 7.21. The minimum Gasteiger partial charge on any atom is -0.496 e. The van der Waals surface area contributed by atoms with Gasteiger partial charge in [-0.25, -0.2) is 0 Å². The number of hydrogen-bond donors (Lipinski definition) is 3. The number of ether oxygens (including phenoxy) is 2. The van der Waals surface area contributed by atoms with Crippen molar-refractivity contribution in [2.45, 2.75) is 31.9 Å². The molecule has 0 bridgehead atoms. The van der Waals surface area contributed by atoms with Gasteiger partial charge in [0.15, 0.2) is 5.84 Å². The number of hydrogen-bond acceptors (Lipinski definition) is 5.